The van der Waals surface area contributed by atoms with Crippen LogP contribution in [0.1, 0.15) is 26.0 Å². The monoisotopic (exact) mass is 568 g/mol. The molecule has 1 atom stereocenters. The molecule has 5 rings (SSSR count). The Morgan fingerprint density at radius 2 is 1.71 bits per heavy atom. The molecule has 0 radical (unpaired) electrons. The fourth-order valence-electron chi connectivity index (χ4n) is 4.85. The summed E-state index contributed by atoms with van der Waals surface area (Å²) < 4.78 is 26.1. The second-order valence-electron chi connectivity index (χ2n) is 9.92. The van der Waals surface area contributed by atoms with Gasteiger partial charge in [-0.25, -0.2) is 13.1 Å². The van der Waals surface area contributed by atoms with E-state index in [4.69, 9.17) is 16.7 Å². The highest BCUT2D eigenvalue weighted by Gasteiger charge is 2.22. The molecule has 2 aromatic carbocycles. The van der Waals surface area contributed by atoms with E-state index in [2.05, 4.69) is 35.8 Å². The Bertz CT molecular complexity index is 1520. The van der Waals surface area contributed by atoms with E-state index in [1.807, 2.05) is 41.1 Å². The Balaban J connectivity index is 1.46. The Morgan fingerprint density at radius 3 is 2.42 bits per heavy atom. The minimum atomic E-state index is -3.28. The molecule has 0 aliphatic carbocycles. The van der Waals surface area contributed by atoms with Gasteiger partial charge in [0.25, 0.3) is 0 Å². The number of benzene rings is 2. The maximum Gasteiger partial charge on any atom is 0.175 e. The largest absolute Gasteiger partial charge is 0.298 e. The smallest absolute Gasteiger partial charge is 0.175 e. The van der Waals surface area contributed by atoms with Crippen LogP contribution in [-0.4, -0.2) is 66.5 Å². The van der Waals surface area contributed by atoms with Crippen molar-refractivity contribution in [3.63, 3.8) is 0 Å². The summed E-state index contributed by atoms with van der Waals surface area (Å²) in [6.07, 6.45) is 2.41. The summed E-state index contributed by atoms with van der Waals surface area (Å²) in [6, 6.07) is 21.8. The van der Waals surface area contributed by atoms with E-state index >= 15 is 0 Å². The van der Waals surface area contributed by atoms with E-state index in [9.17, 15) is 8.42 Å². The molecule has 38 heavy (non-hydrogen) atoms. The normalized spacial score (nSPS) is 16.1. The molecule has 0 spiro atoms. The van der Waals surface area contributed by atoms with Crippen molar-refractivity contribution in [2.75, 3.05) is 32.4 Å². The lowest BCUT2D eigenvalue weighted by molar-refractivity contribution is 0.0955. The number of hydrogen-bond acceptors (Lipinski definition) is 6. The molecule has 4 aromatic rings. The molecule has 2 aromatic heterocycles. The van der Waals surface area contributed by atoms with Crippen molar-refractivity contribution in [3.8, 4) is 26.7 Å². The first-order valence-corrected chi connectivity index (χ1v) is 16.0. The fourth-order valence-corrected chi connectivity index (χ4v) is 6.74. The molecule has 1 aliphatic heterocycles. The van der Waals surface area contributed by atoms with Gasteiger partial charge in [0.1, 0.15) is 0 Å². The first-order chi connectivity index (χ1) is 18.2. The van der Waals surface area contributed by atoms with Gasteiger partial charge in [-0.05, 0) is 61.4 Å². The highest BCUT2D eigenvalue weighted by molar-refractivity contribution is 7.90. The number of sulfone groups is 1. The zero-order valence-corrected chi connectivity index (χ0v) is 24.4. The summed E-state index contributed by atoms with van der Waals surface area (Å²) in [7, 11) is -3.28. The standard InChI is InChI=1S/C29H33ClN4O2S2/c1-4-21(2)33-16-14-32(15-17-33)20-23-19-27(34(31-23)26-11-6-5-10-25(26)30)29-13-12-28(37-29)22-8-7-9-24(18-22)38(3,35)36/h5-13,18-19,21H,4,14-17,20H2,1-3H3. The third-order valence-corrected chi connectivity index (χ3v) is 9.84. The highest BCUT2D eigenvalue weighted by Crippen LogP contribution is 2.37. The van der Waals surface area contributed by atoms with E-state index in [0.29, 0.717) is 16.0 Å². The number of para-hydroxylation sites is 1. The van der Waals surface area contributed by atoms with Crippen LogP contribution in [0.2, 0.25) is 5.02 Å². The predicted octanol–water partition coefficient (Wildman–Crippen LogP) is 6.24. The number of thiophene rings is 1. The van der Waals surface area contributed by atoms with E-state index in [-0.39, 0.29) is 0 Å². The van der Waals surface area contributed by atoms with E-state index in [1.165, 1.54) is 12.7 Å². The van der Waals surface area contributed by atoms with Crippen molar-refractivity contribution in [2.45, 2.75) is 37.8 Å². The predicted molar refractivity (Wildman–Crippen MR) is 157 cm³/mol. The van der Waals surface area contributed by atoms with Gasteiger partial charge in [-0.3, -0.25) is 9.80 Å². The molecule has 0 amide bonds. The van der Waals surface area contributed by atoms with Gasteiger partial charge in [-0.1, -0.05) is 42.8 Å². The summed E-state index contributed by atoms with van der Waals surface area (Å²) in [4.78, 5) is 7.40. The van der Waals surface area contributed by atoms with Crippen molar-refractivity contribution >= 4 is 32.8 Å². The molecule has 0 N–H and O–H groups in total. The van der Waals surface area contributed by atoms with Crippen LogP contribution in [-0.2, 0) is 16.4 Å². The fraction of sp³-hybridized carbons (Fsp3) is 0.345. The molecular formula is C29H33ClN4O2S2. The van der Waals surface area contributed by atoms with E-state index in [0.717, 1.165) is 65.1 Å². The number of nitrogens with zero attached hydrogens (tertiary/aromatic N) is 4. The van der Waals surface area contributed by atoms with Gasteiger partial charge < -0.3 is 0 Å². The van der Waals surface area contributed by atoms with Crippen molar-refractivity contribution in [1.29, 1.82) is 0 Å². The quantitative estimate of drug-likeness (QED) is 0.252. The molecule has 1 fully saturated rings. The lowest BCUT2D eigenvalue weighted by Gasteiger charge is -2.37. The maximum atomic E-state index is 12.1. The van der Waals surface area contributed by atoms with Crippen LogP contribution in [0.5, 0.6) is 0 Å². The van der Waals surface area contributed by atoms with Crippen molar-refractivity contribution in [2.24, 2.45) is 0 Å². The van der Waals surface area contributed by atoms with Gasteiger partial charge in [0.2, 0.25) is 0 Å². The Hall–Kier alpha value is -2.49. The zero-order valence-electron chi connectivity index (χ0n) is 22.0. The number of hydrogen-bond donors (Lipinski definition) is 0. The summed E-state index contributed by atoms with van der Waals surface area (Å²) >= 11 is 8.23. The van der Waals surface area contributed by atoms with Crippen LogP contribution < -0.4 is 0 Å². The third-order valence-electron chi connectivity index (χ3n) is 7.25. The molecular weight excluding hydrogens is 536 g/mol. The number of halogens is 1. The summed E-state index contributed by atoms with van der Waals surface area (Å²) in [5.41, 5.74) is 3.70. The first kappa shape index (κ1) is 27.1. The Labute approximate surface area is 234 Å². The van der Waals surface area contributed by atoms with E-state index in [1.54, 1.807) is 29.5 Å². The summed E-state index contributed by atoms with van der Waals surface area (Å²) in [5.74, 6) is 0. The van der Waals surface area contributed by atoms with Crippen molar-refractivity contribution < 1.29 is 8.42 Å². The summed E-state index contributed by atoms with van der Waals surface area (Å²) in [5, 5.41) is 5.66. The minimum absolute atomic E-state index is 0.321. The highest BCUT2D eigenvalue weighted by atomic mass is 35.5. The summed E-state index contributed by atoms with van der Waals surface area (Å²) in [6.45, 7) is 9.55. The van der Waals surface area contributed by atoms with Crippen LogP contribution >= 0.6 is 22.9 Å². The number of aromatic nitrogens is 2. The van der Waals surface area contributed by atoms with Gasteiger partial charge in [-0.15, -0.1) is 11.3 Å². The Morgan fingerprint density at radius 1 is 0.974 bits per heavy atom. The van der Waals surface area contributed by atoms with Gasteiger partial charge in [0.15, 0.2) is 9.84 Å². The maximum absolute atomic E-state index is 12.1. The van der Waals surface area contributed by atoms with Crippen LogP contribution in [0.3, 0.4) is 0 Å². The van der Waals surface area contributed by atoms with Crippen LogP contribution in [0.15, 0.2) is 71.6 Å². The molecule has 1 unspecified atom stereocenters. The SMILES string of the molecule is CCC(C)N1CCN(Cc2cc(-c3ccc(-c4cccc(S(C)(=O)=O)c4)s3)n(-c3ccccc3Cl)n2)CC1. The van der Waals surface area contributed by atoms with Gasteiger partial charge in [0.05, 0.1) is 31.9 Å². The minimum Gasteiger partial charge on any atom is -0.298 e. The molecule has 0 bridgehead atoms. The molecule has 1 aliphatic rings. The molecule has 0 saturated carbocycles. The lowest BCUT2D eigenvalue weighted by atomic mass is 10.2. The van der Waals surface area contributed by atoms with Crippen molar-refractivity contribution in [1.82, 2.24) is 19.6 Å². The van der Waals surface area contributed by atoms with Crippen LogP contribution in [0, 0.1) is 0 Å². The van der Waals surface area contributed by atoms with Crippen molar-refractivity contribution in [3.05, 3.63) is 77.4 Å². The molecule has 3 heterocycles. The molecule has 200 valence electrons. The van der Waals surface area contributed by atoms with Crippen LogP contribution in [0.25, 0.3) is 26.7 Å². The second kappa shape index (κ2) is 11.3. The van der Waals surface area contributed by atoms with Gasteiger partial charge in [-0.2, -0.15) is 5.10 Å². The average Bonchev–Trinajstić information content (AvgIpc) is 3.56. The zero-order chi connectivity index (χ0) is 26.9. The molecule has 1 saturated heterocycles. The van der Waals surface area contributed by atoms with E-state index < -0.39 is 9.84 Å². The number of rotatable bonds is 8. The van der Waals surface area contributed by atoms with Gasteiger partial charge in [0, 0.05) is 49.9 Å². The topological polar surface area (TPSA) is 58.4 Å². The third kappa shape index (κ3) is 5.90. The average molecular weight is 569 g/mol. The van der Waals surface area contributed by atoms with Crippen LogP contribution in [0.4, 0.5) is 0 Å². The molecule has 9 heteroatoms. The lowest BCUT2D eigenvalue weighted by Crippen LogP contribution is -2.49. The Kier molecular flexibility index (Phi) is 8.07. The number of piperazine rings is 1. The second-order valence-corrected chi connectivity index (χ2v) is 13.4. The first-order valence-electron chi connectivity index (χ1n) is 12.9. The molecule has 6 nitrogen and oxygen atoms in total. The van der Waals surface area contributed by atoms with Gasteiger partial charge >= 0.3 is 0 Å².